The number of aromatic nitrogens is 3. The first-order valence-corrected chi connectivity index (χ1v) is 7.85. The van der Waals surface area contributed by atoms with Gasteiger partial charge in [0.1, 0.15) is 11.0 Å². The van der Waals surface area contributed by atoms with Crippen molar-refractivity contribution in [1.29, 1.82) is 0 Å². The third-order valence-electron chi connectivity index (χ3n) is 4.39. The van der Waals surface area contributed by atoms with Crippen LogP contribution in [0.2, 0.25) is 0 Å². The molecule has 0 radical (unpaired) electrons. The van der Waals surface area contributed by atoms with Crippen molar-refractivity contribution in [2.75, 3.05) is 13.1 Å². The Morgan fingerprint density at radius 1 is 1.24 bits per heavy atom. The Bertz CT molecular complexity index is 591. The third kappa shape index (κ3) is 2.34. The molecule has 0 bridgehead atoms. The Morgan fingerprint density at radius 2 is 1.86 bits per heavy atom. The Hall–Kier alpha value is -1.46. The van der Waals surface area contributed by atoms with Crippen molar-refractivity contribution in [2.45, 2.75) is 45.4 Å². The van der Waals surface area contributed by atoms with Crippen LogP contribution in [0.4, 0.5) is 0 Å². The molecule has 1 saturated heterocycles. The zero-order chi connectivity index (χ0) is 15.0. The van der Waals surface area contributed by atoms with E-state index in [1.807, 2.05) is 38.1 Å². The molecule has 1 fully saturated rings. The maximum Gasteiger partial charge on any atom is 0.174 e. The van der Waals surface area contributed by atoms with E-state index in [0.29, 0.717) is 0 Å². The number of hydrogen-bond donors (Lipinski definition) is 1. The van der Waals surface area contributed by atoms with Crippen LogP contribution in [0.1, 0.15) is 33.6 Å². The van der Waals surface area contributed by atoms with Gasteiger partial charge in [-0.2, -0.15) is 15.0 Å². The van der Waals surface area contributed by atoms with E-state index in [1.165, 1.54) is 0 Å². The lowest BCUT2D eigenvalue weighted by Gasteiger charge is -2.26. The van der Waals surface area contributed by atoms with Crippen LogP contribution >= 0.6 is 0 Å². The quantitative estimate of drug-likeness (QED) is 0.828. The molecular formula is C16H24N4O. The van der Waals surface area contributed by atoms with Crippen molar-refractivity contribution < 1.29 is 5.11 Å². The van der Waals surface area contributed by atoms with Gasteiger partial charge in [-0.05, 0) is 24.5 Å². The molecule has 2 heterocycles. The number of hydrogen-bond acceptors (Lipinski definition) is 4. The fourth-order valence-electron chi connectivity index (χ4n) is 3.02. The van der Waals surface area contributed by atoms with Crippen molar-refractivity contribution in [1.82, 2.24) is 19.9 Å². The van der Waals surface area contributed by atoms with Crippen molar-refractivity contribution in [3.63, 3.8) is 0 Å². The predicted molar refractivity (Wildman–Crippen MR) is 82.8 cm³/mol. The molecule has 0 spiro atoms. The predicted octanol–water partition coefficient (Wildman–Crippen LogP) is 2.22. The second-order valence-electron chi connectivity index (χ2n) is 6.32. The second-order valence-corrected chi connectivity index (χ2v) is 6.32. The second kappa shape index (κ2) is 5.39. The molecule has 1 aromatic carbocycles. The highest BCUT2D eigenvalue weighted by Gasteiger charge is 2.61. The van der Waals surface area contributed by atoms with Gasteiger partial charge in [0.15, 0.2) is 5.66 Å². The number of nitrogens with zero attached hydrogens (tertiary/aromatic N) is 4. The van der Waals surface area contributed by atoms with Gasteiger partial charge in [-0.1, -0.05) is 39.3 Å². The highest BCUT2D eigenvalue weighted by Crippen LogP contribution is 2.42. The average molecular weight is 288 g/mol. The first-order valence-electron chi connectivity index (χ1n) is 7.85. The first kappa shape index (κ1) is 14.5. The van der Waals surface area contributed by atoms with Gasteiger partial charge in [0.05, 0.1) is 6.10 Å². The zero-order valence-corrected chi connectivity index (χ0v) is 13.0. The Morgan fingerprint density at radius 3 is 2.38 bits per heavy atom. The highest BCUT2D eigenvalue weighted by molar-refractivity contribution is 5.73. The number of rotatable bonds is 6. The molecule has 0 saturated carbocycles. The normalized spacial score (nSPS) is 26.4. The van der Waals surface area contributed by atoms with Gasteiger partial charge in [-0.15, -0.1) is 0 Å². The number of aliphatic hydroxyl groups is 1. The highest BCUT2D eigenvalue weighted by atomic mass is 16.3. The summed E-state index contributed by atoms with van der Waals surface area (Å²) in [5.74, 6) is 0.172. The van der Waals surface area contributed by atoms with E-state index < -0.39 is 11.8 Å². The van der Waals surface area contributed by atoms with E-state index in [0.717, 1.165) is 37.0 Å². The van der Waals surface area contributed by atoms with Gasteiger partial charge >= 0.3 is 0 Å². The number of benzene rings is 1. The molecule has 5 heteroatoms. The van der Waals surface area contributed by atoms with Crippen LogP contribution in [0.5, 0.6) is 0 Å². The average Bonchev–Trinajstić information content (AvgIpc) is 3.04. The van der Waals surface area contributed by atoms with Gasteiger partial charge in [0, 0.05) is 13.1 Å². The molecule has 1 N–H and O–H groups in total. The summed E-state index contributed by atoms with van der Waals surface area (Å²) in [6.07, 6.45) is 1.82. The lowest BCUT2D eigenvalue weighted by Crippen LogP contribution is -2.42. The number of fused-ring (bicyclic) bond motifs is 1. The summed E-state index contributed by atoms with van der Waals surface area (Å²) in [4.78, 5) is 4.04. The van der Waals surface area contributed by atoms with Crippen LogP contribution in [0.15, 0.2) is 24.3 Å². The largest absolute Gasteiger partial charge is 0.389 e. The van der Waals surface area contributed by atoms with Crippen molar-refractivity contribution in [2.24, 2.45) is 5.92 Å². The van der Waals surface area contributed by atoms with Crippen molar-refractivity contribution in [3.05, 3.63) is 24.3 Å². The fourth-order valence-corrected chi connectivity index (χ4v) is 3.02. The zero-order valence-electron chi connectivity index (χ0n) is 13.0. The number of unbranched alkanes of at least 4 members (excludes halogenated alkanes) is 1. The van der Waals surface area contributed by atoms with Crippen LogP contribution in [-0.2, 0) is 5.66 Å². The van der Waals surface area contributed by atoms with Gasteiger partial charge in [-0.25, -0.2) is 0 Å². The van der Waals surface area contributed by atoms with E-state index in [1.54, 1.807) is 4.80 Å². The molecule has 0 amide bonds. The minimum Gasteiger partial charge on any atom is -0.389 e. The minimum atomic E-state index is -0.462. The molecule has 1 aliphatic rings. The smallest absolute Gasteiger partial charge is 0.174 e. The van der Waals surface area contributed by atoms with Gasteiger partial charge < -0.3 is 5.11 Å². The molecule has 2 aromatic rings. The SMILES string of the molecule is CCCCN1CC1(C(O)C(C)C)n1nc2ccccc2n1. The third-order valence-corrected chi connectivity index (χ3v) is 4.39. The standard InChI is InChI=1S/C16H24N4O/c1-4-5-10-19-11-16(19,15(21)12(2)3)20-17-13-8-6-7-9-14(13)18-20/h6-9,12,15,21H,4-5,10-11H2,1-3H3. The lowest BCUT2D eigenvalue weighted by molar-refractivity contribution is 0.0135. The maximum absolute atomic E-state index is 10.7. The molecule has 5 nitrogen and oxygen atoms in total. The summed E-state index contributed by atoms with van der Waals surface area (Å²) in [6.45, 7) is 8.09. The molecule has 21 heavy (non-hydrogen) atoms. The minimum absolute atomic E-state index is 0.172. The van der Waals surface area contributed by atoms with Crippen LogP contribution in [0.3, 0.4) is 0 Å². The topological polar surface area (TPSA) is 54.0 Å². The molecule has 114 valence electrons. The summed E-state index contributed by atoms with van der Waals surface area (Å²) in [6, 6.07) is 7.86. The van der Waals surface area contributed by atoms with E-state index in [4.69, 9.17) is 0 Å². The van der Waals surface area contributed by atoms with Gasteiger partial charge in [0.2, 0.25) is 0 Å². The molecule has 1 aromatic heterocycles. The Labute approximate surface area is 125 Å². The van der Waals surface area contributed by atoms with Gasteiger partial charge in [-0.3, -0.25) is 4.90 Å². The van der Waals surface area contributed by atoms with Crippen LogP contribution in [0, 0.1) is 5.92 Å². The summed E-state index contributed by atoms with van der Waals surface area (Å²) < 4.78 is 0. The summed E-state index contributed by atoms with van der Waals surface area (Å²) >= 11 is 0. The number of aliphatic hydroxyl groups excluding tert-OH is 1. The van der Waals surface area contributed by atoms with Crippen LogP contribution in [-0.4, -0.2) is 44.2 Å². The molecule has 3 atom stereocenters. The van der Waals surface area contributed by atoms with E-state index >= 15 is 0 Å². The van der Waals surface area contributed by atoms with Gasteiger partial charge in [0.25, 0.3) is 0 Å². The molecule has 1 aliphatic heterocycles. The molecule has 3 rings (SSSR count). The molecular weight excluding hydrogens is 264 g/mol. The van der Waals surface area contributed by atoms with E-state index in [2.05, 4.69) is 22.0 Å². The molecule has 0 aliphatic carbocycles. The summed E-state index contributed by atoms with van der Waals surface area (Å²) in [7, 11) is 0. The van der Waals surface area contributed by atoms with Crippen LogP contribution in [0.25, 0.3) is 11.0 Å². The fraction of sp³-hybridized carbons (Fsp3) is 0.625. The maximum atomic E-state index is 10.7. The Balaban J connectivity index is 1.96. The van der Waals surface area contributed by atoms with Crippen molar-refractivity contribution in [3.8, 4) is 0 Å². The first-order chi connectivity index (χ1) is 10.1. The summed E-state index contributed by atoms with van der Waals surface area (Å²) in [5, 5.41) is 19.9. The van der Waals surface area contributed by atoms with Crippen molar-refractivity contribution >= 4 is 11.0 Å². The monoisotopic (exact) mass is 288 g/mol. The van der Waals surface area contributed by atoms with E-state index in [-0.39, 0.29) is 5.92 Å². The van der Waals surface area contributed by atoms with Crippen LogP contribution < -0.4 is 0 Å². The summed E-state index contributed by atoms with van der Waals surface area (Å²) in [5.41, 5.74) is 1.31. The van der Waals surface area contributed by atoms with E-state index in [9.17, 15) is 5.11 Å². The molecule has 3 unspecified atom stereocenters. The Kier molecular flexibility index (Phi) is 3.71. The lowest BCUT2D eigenvalue weighted by atomic mass is 10.00.